The molecule has 1 unspecified atom stereocenters. The number of hydrogen-bond donors (Lipinski definition) is 1. The van der Waals surface area contributed by atoms with Gasteiger partial charge in [0.25, 0.3) is 0 Å². The van der Waals surface area contributed by atoms with Gasteiger partial charge in [0.2, 0.25) is 10.0 Å². The van der Waals surface area contributed by atoms with Crippen molar-refractivity contribution < 1.29 is 8.42 Å². The van der Waals surface area contributed by atoms with Crippen LogP contribution in [0.15, 0.2) is 29.2 Å². The number of nitrogens with two attached hydrogens (primary N) is 1. The highest BCUT2D eigenvalue weighted by molar-refractivity contribution is 7.89. The lowest BCUT2D eigenvalue weighted by atomic mass is 10.1. The predicted molar refractivity (Wildman–Crippen MR) is 76.3 cm³/mol. The van der Waals surface area contributed by atoms with E-state index in [1.165, 1.54) is 10.4 Å². The second-order valence-electron chi connectivity index (χ2n) is 5.27. The van der Waals surface area contributed by atoms with Crippen molar-refractivity contribution in [3.05, 3.63) is 24.3 Å². The second kappa shape index (κ2) is 5.48. The maximum Gasteiger partial charge on any atom is 0.242 e. The lowest BCUT2D eigenvalue weighted by molar-refractivity contribution is 0.357. The highest BCUT2D eigenvalue weighted by atomic mass is 32.2. The van der Waals surface area contributed by atoms with Crippen molar-refractivity contribution in [3.63, 3.8) is 0 Å². The third-order valence-corrected chi connectivity index (χ3v) is 5.39. The minimum atomic E-state index is -3.43. The molecule has 6 heteroatoms. The molecule has 0 aliphatic carbocycles. The van der Waals surface area contributed by atoms with Gasteiger partial charge in [-0.1, -0.05) is 6.07 Å². The zero-order valence-electron chi connectivity index (χ0n) is 11.4. The van der Waals surface area contributed by atoms with Crippen LogP contribution >= 0.6 is 0 Å². The van der Waals surface area contributed by atoms with Crippen molar-refractivity contribution in [2.75, 3.05) is 39.5 Å². The van der Waals surface area contributed by atoms with Crippen molar-refractivity contribution >= 4 is 15.7 Å². The van der Waals surface area contributed by atoms with Gasteiger partial charge in [-0.15, -0.1) is 0 Å². The van der Waals surface area contributed by atoms with Gasteiger partial charge >= 0.3 is 0 Å². The first-order valence-corrected chi connectivity index (χ1v) is 7.84. The van der Waals surface area contributed by atoms with Gasteiger partial charge in [-0.3, -0.25) is 0 Å². The van der Waals surface area contributed by atoms with E-state index < -0.39 is 10.0 Å². The summed E-state index contributed by atoms with van der Waals surface area (Å²) in [5.74, 6) is 0.408. The number of hydrogen-bond acceptors (Lipinski definition) is 4. The molecule has 0 aromatic heterocycles. The summed E-state index contributed by atoms with van der Waals surface area (Å²) >= 11 is 0. The molecule has 1 fully saturated rings. The van der Waals surface area contributed by atoms with Crippen LogP contribution in [0.25, 0.3) is 0 Å². The molecule has 1 aromatic rings. The fraction of sp³-hybridized carbons (Fsp3) is 0.538. The maximum atomic E-state index is 12.4. The van der Waals surface area contributed by atoms with Crippen LogP contribution in [-0.4, -0.2) is 51.4 Å². The van der Waals surface area contributed by atoms with Crippen LogP contribution in [-0.2, 0) is 10.0 Å². The Morgan fingerprint density at radius 1 is 1.47 bits per heavy atom. The van der Waals surface area contributed by atoms with Crippen LogP contribution in [0.1, 0.15) is 6.42 Å². The highest BCUT2D eigenvalue weighted by Gasteiger charge is 2.27. The molecule has 5 nitrogen and oxygen atoms in total. The molecule has 1 aliphatic rings. The van der Waals surface area contributed by atoms with Crippen molar-refractivity contribution in [2.45, 2.75) is 11.3 Å². The van der Waals surface area contributed by atoms with Crippen LogP contribution in [0.4, 0.5) is 5.69 Å². The van der Waals surface area contributed by atoms with Gasteiger partial charge in [0, 0.05) is 25.8 Å². The van der Waals surface area contributed by atoms with Crippen molar-refractivity contribution in [1.29, 1.82) is 0 Å². The fourth-order valence-corrected chi connectivity index (χ4v) is 3.79. The third-order valence-electron chi connectivity index (χ3n) is 3.57. The molecule has 1 aliphatic heterocycles. The second-order valence-corrected chi connectivity index (χ2v) is 7.32. The molecule has 1 heterocycles. The molecular weight excluding hydrogens is 262 g/mol. The van der Waals surface area contributed by atoms with Gasteiger partial charge < -0.3 is 10.6 Å². The Morgan fingerprint density at radius 2 is 2.21 bits per heavy atom. The van der Waals surface area contributed by atoms with E-state index in [1.54, 1.807) is 25.2 Å². The molecule has 1 saturated heterocycles. The van der Waals surface area contributed by atoms with Crippen LogP contribution in [0, 0.1) is 5.92 Å². The molecule has 0 bridgehead atoms. The van der Waals surface area contributed by atoms with E-state index in [-0.39, 0.29) is 4.90 Å². The summed E-state index contributed by atoms with van der Waals surface area (Å²) < 4.78 is 26.3. The minimum absolute atomic E-state index is 0.265. The van der Waals surface area contributed by atoms with Gasteiger partial charge in [0.15, 0.2) is 0 Å². The SMILES string of the molecule is CN1CCC(CN(C)S(=O)(=O)c2cccc(N)c2)C1. The Labute approximate surface area is 115 Å². The molecule has 0 radical (unpaired) electrons. The summed E-state index contributed by atoms with van der Waals surface area (Å²) in [5, 5.41) is 0. The monoisotopic (exact) mass is 283 g/mol. The Bertz CT molecular complexity index is 545. The van der Waals surface area contributed by atoms with Crippen LogP contribution in [0.2, 0.25) is 0 Å². The Hall–Kier alpha value is -1.11. The van der Waals surface area contributed by atoms with Crippen LogP contribution in [0.3, 0.4) is 0 Å². The molecule has 106 valence electrons. The Kier molecular flexibility index (Phi) is 4.13. The summed E-state index contributed by atoms with van der Waals surface area (Å²) in [6, 6.07) is 6.44. The van der Waals surface area contributed by atoms with E-state index in [0.717, 1.165) is 19.5 Å². The number of benzene rings is 1. The minimum Gasteiger partial charge on any atom is -0.399 e. The molecule has 0 amide bonds. The standard InChI is InChI=1S/C13H21N3O2S/c1-15-7-6-11(9-15)10-16(2)19(17,18)13-5-3-4-12(14)8-13/h3-5,8,11H,6-7,9-10,14H2,1-2H3. The zero-order valence-corrected chi connectivity index (χ0v) is 12.2. The van der Waals surface area contributed by atoms with E-state index in [2.05, 4.69) is 11.9 Å². The molecular formula is C13H21N3O2S. The first kappa shape index (κ1) is 14.3. The summed E-state index contributed by atoms with van der Waals surface area (Å²) in [6.07, 6.45) is 1.05. The van der Waals surface area contributed by atoms with Crippen LogP contribution in [0.5, 0.6) is 0 Å². The first-order chi connectivity index (χ1) is 8.89. The Morgan fingerprint density at radius 3 is 2.79 bits per heavy atom. The van der Waals surface area contributed by atoms with Gasteiger partial charge in [-0.2, -0.15) is 0 Å². The molecule has 0 spiro atoms. The van der Waals surface area contributed by atoms with E-state index in [0.29, 0.717) is 18.2 Å². The lowest BCUT2D eigenvalue weighted by Crippen LogP contribution is -2.32. The number of anilines is 1. The van der Waals surface area contributed by atoms with E-state index >= 15 is 0 Å². The smallest absolute Gasteiger partial charge is 0.242 e. The lowest BCUT2D eigenvalue weighted by Gasteiger charge is -2.21. The molecule has 2 N–H and O–H groups in total. The summed E-state index contributed by atoms with van der Waals surface area (Å²) in [7, 11) is 0.266. The summed E-state index contributed by atoms with van der Waals surface area (Å²) in [4.78, 5) is 2.49. The molecule has 0 saturated carbocycles. The topological polar surface area (TPSA) is 66.6 Å². The van der Waals surface area contributed by atoms with E-state index in [1.807, 2.05) is 0 Å². The van der Waals surface area contributed by atoms with Crippen molar-refractivity contribution in [3.8, 4) is 0 Å². The number of nitrogens with zero attached hydrogens (tertiary/aromatic N) is 2. The third kappa shape index (κ3) is 3.26. The van der Waals surface area contributed by atoms with Crippen molar-refractivity contribution in [2.24, 2.45) is 5.92 Å². The van der Waals surface area contributed by atoms with Gasteiger partial charge in [0.05, 0.1) is 4.90 Å². The molecule has 1 atom stereocenters. The average Bonchev–Trinajstić information content (AvgIpc) is 2.74. The van der Waals surface area contributed by atoms with E-state index in [4.69, 9.17) is 5.73 Å². The summed E-state index contributed by atoms with van der Waals surface area (Å²) in [5.41, 5.74) is 6.12. The summed E-state index contributed by atoms with van der Waals surface area (Å²) in [6.45, 7) is 2.55. The normalized spacial score (nSPS) is 21.1. The highest BCUT2D eigenvalue weighted by Crippen LogP contribution is 2.21. The van der Waals surface area contributed by atoms with Crippen molar-refractivity contribution in [1.82, 2.24) is 9.21 Å². The van der Waals surface area contributed by atoms with Gasteiger partial charge in [-0.05, 0) is 44.1 Å². The van der Waals surface area contributed by atoms with Gasteiger partial charge in [-0.25, -0.2) is 12.7 Å². The van der Waals surface area contributed by atoms with Crippen LogP contribution < -0.4 is 5.73 Å². The number of rotatable bonds is 4. The fourth-order valence-electron chi connectivity index (χ4n) is 2.49. The largest absolute Gasteiger partial charge is 0.399 e. The number of sulfonamides is 1. The molecule has 19 heavy (non-hydrogen) atoms. The molecule has 1 aromatic carbocycles. The van der Waals surface area contributed by atoms with E-state index in [9.17, 15) is 8.42 Å². The maximum absolute atomic E-state index is 12.4. The zero-order chi connectivity index (χ0) is 14.0. The first-order valence-electron chi connectivity index (χ1n) is 6.40. The quantitative estimate of drug-likeness (QED) is 0.832. The average molecular weight is 283 g/mol. The molecule has 2 rings (SSSR count). The Balaban J connectivity index is 2.11. The van der Waals surface area contributed by atoms with Gasteiger partial charge in [0.1, 0.15) is 0 Å². The number of nitrogen functional groups attached to an aromatic ring is 1. The number of likely N-dealkylation sites (tertiary alicyclic amines) is 1. The predicted octanol–water partition coefficient (Wildman–Crippen LogP) is 0.841.